The first kappa shape index (κ1) is 25.7. The standard InChI is InChI=1S/C17H31F3N4O2S.HI/c1-3-21-16(23-15-6-4-13(2)5-7-15)22-12-14-8-10-24(11-9-14)27(25,26)17(18,19)20;/h13-15H,3-12H2,1-2H3,(H2,21,22,23);1H. The number of alkyl halides is 3. The van der Waals surface area contributed by atoms with Crippen LogP contribution in [0, 0.1) is 11.8 Å². The topological polar surface area (TPSA) is 73.8 Å². The first-order valence-electron chi connectivity index (χ1n) is 9.74. The normalized spacial score (nSPS) is 25.8. The minimum atomic E-state index is -5.22. The number of halogens is 4. The fraction of sp³-hybridized carbons (Fsp3) is 0.941. The SMILES string of the molecule is CCNC(=NCC1CCN(S(=O)(=O)C(F)(F)F)CC1)NC1CCC(C)CC1.I. The molecule has 2 rings (SSSR count). The van der Waals surface area contributed by atoms with Gasteiger partial charge in [-0.3, -0.25) is 4.99 Å². The lowest BCUT2D eigenvalue weighted by atomic mass is 9.87. The third-order valence-electron chi connectivity index (χ3n) is 5.41. The molecule has 0 amide bonds. The van der Waals surface area contributed by atoms with Crippen molar-refractivity contribution >= 4 is 40.0 Å². The summed E-state index contributed by atoms with van der Waals surface area (Å²) in [4.78, 5) is 4.59. The highest BCUT2D eigenvalue weighted by molar-refractivity contribution is 14.0. The number of sulfonamides is 1. The molecule has 166 valence electrons. The van der Waals surface area contributed by atoms with Crippen molar-refractivity contribution in [2.45, 2.75) is 63.9 Å². The summed E-state index contributed by atoms with van der Waals surface area (Å²) in [7, 11) is -5.21. The van der Waals surface area contributed by atoms with Gasteiger partial charge in [-0.25, -0.2) is 8.42 Å². The van der Waals surface area contributed by atoms with E-state index in [0.29, 0.717) is 29.7 Å². The Kier molecular flexibility index (Phi) is 10.3. The van der Waals surface area contributed by atoms with Gasteiger partial charge in [0.25, 0.3) is 0 Å². The van der Waals surface area contributed by atoms with Crippen LogP contribution in [0.4, 0.5) is 13.2 Å². The third kappa shape index (κ3) is 7.19. The highest BCUT2D eigenvalue weighted by atomic mass is 127. The van der Waals surface area contributed by atoms with E-state index in [0.717, 1.165) is 31.3 Å². The summed E-state index contributed by atoms with van der Waals surface area (Å²) in [5.74, 6) is 1.59. The molecule has 6 nitrogen and oxygen atoms in total. The minimum absolute atomic E-state index is 0. The van der Waals surface area contributed by atoms with Crippen molar-refractivity contribution in [3.8, 4) is 0 Å². The van der Waals surface area contributed by atoms with Gasteiger partial charge in [-0.05, 0) is 57.3 Å². The first-order chi connectivity index (χ1) is 12.6. The zero-order valence-corrected chi connectivity index (χ0v) is 19.6. The van der Waals surface area contributed by atoms with E-state index < -0.39 is 15.5 Å². The van der Waals surface area contributed by atoms with E-state index >= 15 is 0 Å². The summed E-state index contributed by atoms with van der Waals surface area (Å²) < 4.78 is 61.4. The van der Waals surface area contributed by atoms with Gasteiger partial charge in [0.15, 0.2) is 5.96 Å². The van der Waals surface area contributed by atoms with Crippen LogP contribution in [0.15, 0.2) is 4.99 Å². The summed E-state index contributed by atoms with van der Waals surface area (Å²) in [5, 5.41) is 6.67. The molecule has 2 aliphatic rings. The Hall–Kier alpha value is -0.300. The van der Waals surface area contributed by atoms with Crippen LogP contribution >= 0.6 is 24.0 Å². The van der Waals surface area contributed by atoms with E-state index in [4.69, 9.17) is 0 Å². The quantitative estimate of drug-likeness (QED) is 0.319. The van der Waals surface area contributed by atoms with E-state index in [2.05, 4.69) is 22.5 Å². The van der Waals surface area contributed by atoms with Crippen molar-refractivity contribution in [2.24, 2.45) is 16.8 Å². The molecular weight excluding hydrogens is 508 g/mol. The predicted molar refractivity (Wildman–Crippen MR) is 115 cm³/mol. The molecule has 1 saturated heterocycles. The van der Waals surface area contributed by atoms with Crippen LogP contribution < -0.4 is 10.6 Å². The van der Waals surface area contributed by atoms with Crippen LogP contribution in [0.5, 0.6) is 0 Å². The van der Waals surface area contributed by atoms with Crippen molar-refractivity contribution in [1.82, 2.24) is 14.9 Å². The van der Waals surface area contributed by atoms with E-state index in [1.54, 1.807) is 0 Å². The van der Waals surface area contributed by atoms with E-state index in [-0.39, 0.29) is 43.0 Å². The van der Waals surface area contributed by atoms with Crippen molar-refractivity contribution < 1.29 is 21.6 Å². The summed E-state index contributed by atoms with van der Waals surface area (Å²) in [6.07, 6.45) is 5.39. The monoisotopic (exact) mass is 540 g/mol. The summed E-state index contributed by atoms with van der Waals surface area (Å²) in [6.45, 7) is 5.26. The van der Waals surface area contributed by atoms with Crippen LogP contribution in [-0.4, -0.2) is 56.4 Å². The number of piperidine rings is 1. The predicted octanol–water partition coefficient (Wildman–Crippen LogP) is 3.30. The molecule has 2 N–H and O–H groups in total. The molecule has 11 heteroatoms. The lowest BCUT2D eigenvalue weighted by Gasteiger charge is -2.31. The highest BCUT2D eigenvalue weighted by Gasteiger charge is 2.50. The van der Waals surface area contributed by atoms with Crippen LogP contribution in [0.2, 0.25) is 0 Å². The molecule has 28 heavy (non-hydrogen) atoms. The minimum Gasteiger partial charge on any atom is -0.357 e. The number of nitrogens with zero attached hydrogens (tertiary/aromatic N) is 2. The lowest BCUT2D eigenvalue weighted by Crippen LogP contribution is -2.46. The van der Waals surface area contributed by atoms with Gasteiger partial charge in [0.1, 0.15) is 0 Å². The van der Waals surface area contributed by atoms with Crippen molar-refractivity contribution in [1.29, 1.82) is 0 Å². The van der Waals surface area contributed by atoms with Gasteiger partial charge in [0.05, 0.1) is 0 Å². The smallest absolute Gasteiger partial charge is 0.357 e. The number of hydrogen-bond donors (Lipinski definition) is 2. The molecule has 1 saturated carbocycles. The number of guanidine groups is 1. The Bertz CT molecular complexity index is 600. The maximum Gasteiger partial charge on any atom is 0.511 e. The molecule has 0 bridgehead atoms. The molecule has 1 heterocycles. The molecule has 1 aliphatic carbocycles. The van der Waals surface area contributed by atoms with Crippen molar-refractivity contribution in [2.75, 3.05) is 26.2 Å². The lowest BCUT2D eigenvalue weighted by molar-refractivity contribution is -0.0496. The molecule has 0 atom stereocenters. The Balaban J connectivity index is 0.00000392. The van der Waals surface area contributed by atoms with E-state index in [9.17, 15) is 21.6 Å². The van der Waals surface area contributed by atoms with Gasteiger partial charge in [-0.1, -0.05) is 6.92 Å². The number of hydrogen-bond acceptors (Lipinski definition) is 3. The summed E-state index contributed by atoms with van der Waals surface area (Å²) >= 11 is 0. The van der Waals surface area contributed by atoms with Gasteiger partial charge in [-0.2, -0.15) is 17.5 Å². The zero-order valence-electron chi connectivity index (χ0n) is 16.5. The average molecular weight is 540 g/mol. The first-order valence-corrected chi connectivity index (χ1v) is 11.2. The number of aliphatic imine (C=N–C) groups is 1. The maximum absolute atomic E-state index is 12.6. The zero-order chi connectivity index (χ0) is 20.1. The molecule has 0 aromatic rings. The Morgan fingerprint density at radius 1 is 1.11 bits per heavy atom. The number of nitrogens with one attached hydrogen (secondary N) is 2. The largest absolute Gasteiger partial charge is 0.511 e. The Labute approximate surface area is 183 Å². The third-order valence-corrected chi connectivity index (χ3v) is 7.04. The second-order valence-electron chi connectivity index (χ2n) is 7.61. The summed E-state index contributed by atoms with van der Waals surface area (Å²) in [5.41, 5.74) is -5.22. The van der Waals surface area contributed by atoms with Gasteiger partial charge in [-0.15, -0.1) is 24.0 Å². The second kappa shape index (κ2) is 11.2. The van der Waals surface area contributed by atoms with Crippen LogP contribution in [0.1, 0.15) is 52.4 Å². The summed E-state index contributed by atoms with van der Waals surface area (Å²) in [6, 6.07) is 0.401. The fourth-order valence-electron chi connectivity index (χ4n) is 3.62. The van der Waals surface area contributed by atoms with E-state index in [1.165, 1.54) is 12.8 Å². The molecule has 0 spiro atoms. The van der Waals surface area contributed by atoms with Gasteiger partial charge < -0.3 is 10.6 Å². The Morgan fingerprint density at radius 3 is 2.18 bits per heavy atom. The van der Waals surface area contributed by atoms with Gasteiger partial charge in [0.2, 0.25) is 0 Å². The molecule has 1 aliphatic heterocycles. The molecule has 2 fully saturated rings. The van der Waals surface area contributed by atoms with Crippen molar-refractivity contribution in [3.05, 3.63) is 0 Å². The van der Waals surface area contributed by atoms with Crippen LogP contribution in [-0.2, 0) is 10.0 Å². The molecule has 0 aromatic heterocycles. The van der Waals surface area contributed by atoms with Gasteiger partial charge >= 0.3 is 15.5 Å². The van der Waals surface area contributed by atoms with E-state index in [1.807, 2.05) is 6.92 Å². The highest BCUT2D eigenvalue weighted by Crippen LogP contribution is 2.30. The fourth-order valence-corrected chi connectivity index (χ4v) is 4.60. The molecule has 0 radical (unpaired) electrons. The van der Waals surface area contributed by atoms with Crippen LogP contribution in [0.3, 0.4) is 0 Å². The number of rotatable bonds is 5. The average Bonchev–Trinajstić information content (AvgIpc) is 2.61. The van der Waals surface area contributed by atoms with Crippen molar-refractivity contribution in [3.63, 3.8) is 0 Å². The molecule has 0 unspecified atom stereocenters. The van der Waals surface area contributed by atoms with Gasteiger partial charge in [0, 0.05) is 32.2 Å². The molecule has 0 aromatic carbocycles. The molecular formula is C17H32F3IN4O2S. The Morgan fingerprint density at radius 2 is 1.68 bits per heavy atom. The maximum atomic E-state index is 12.6. The van der Waals surface area contributed by atoms with Crippen LogP contribution in [0.25, 0.3) is 0 Å². The second-order valence-corrected chi connectivity index (χ2v) is 9.54.